The van der Waals surface area contributed by atoms with Gasteiger partial charge in [0, 0.05) is 24.7 Å². The summed E-state index contributed by atoms with van der Waals surface area (Å²) in [5, 5.41) is 3.39. The van der Waals surface area contributed by atoms with Crippen LogP contribution in [0.5, 0.6) is 5.75 Å². The standard InChI is InChI=1S/C31H34F2N2O3/c1-17(2)25-11-27(29(37-5)12-28(25)33)26-10-23-15-34-14-22(23)9-24(26)16-35-19(4)30(38-31(35)36)21-7-18(3)6-20(8-21)13-32/h6-12,17,19,30,34H,13-16H2,1-5H3/t19-,30-/m0/s1. The first kappa shape index (κ1) is 26.2. The van der Waals surface area contributed by atoms with Gasteiger partial charge in [-0.2, -0.15) is 0 Å². The van der Waals surface area contributed by atoms with E-state index in [-0.39, 0.29) is 17.8 Å². The molecule has 1 amide bonds. The van der Waals surface area contributed by atoms with Gasteiger partial charge in [0.25, 0.3) is 0 Å². The maximum atomic E-state index is 14.8. The lowest BCUT2D eigenvalue weighted by atomic mass is 9.90. The number of carbonyl (C=O) groups is 1. The van der Waals surface area contributed by atoms with Crippen LogP contribution >= 0.6 is 0 Å². The summed E-state index contributed by atoms with van der Waals surface area (Å²) in [5.41, 5.74) is 7.89. The van der Waals surface area contributed by atoms with Crippen molar-refractivity contribution < 1.29 is 23.0 Å². The average Bonchev–Trinajstić information content (AvgIpc) is 3.46. The Hall–Kier alpha value is -3.45. The molecule has 200 valence electrons. The topological polar surface area (TPSA) is 50.8 Å². The summed E-state index contributed by atoms with van der Waals surface area (Å²) < 4.78 is 39.7. The zero-order valence-electron chi connectivity index (χ0n) is 22.5. The Labute approximate surface area is 222 Å². The molecule has 1 N–H and O–H groups in total. The number of amides is 1. The predicted octanol–water partition coefficient (Wildman–Crippen LogP) is 7.09. The maximum Gasteiger partial charge on any atom is 0.411 e. The smallest absolute Gasteiger partial charge is 0.411 e. The Balaban J connectivity index is 1.56. The van der Waals surface area contributed by atoms with Crippen molar-refractivity contribution in [2.75, 3.05) is 7.11 Å². The average molecular weight is 521 g/mol. The van der Waals surface area contributed by atoms with Crippen molar-refractivity contribution >= 4 is 6.09 Å². The van der Waals surface area contributed by atoms with E-state index in [0.717, 1.165) is 40.9 Å². The lowest BCUT2D eigenvalue weighted by molar-refractivity contribution is 0.130. The van der Waals surface area contributed by atoms with Gasteiger partial charge < -0.3 is 14.8 Å². The molecule has 0 bridgehead atoms. The minimum absolute atomic E-state index is 0.00270. The highest BCUT2D eigenvalue weighted by molar-refractivity contribution is 5.77. The molecule has 3 aromatic carbocycles. The molecule has 1 saturated heterocycles. The van der Waals surface area contributed by atoms with Crippen LogP contribution < -0.4 is 10.1 Å². The van der Waals surface area contributed by atoms with Gasteiger partial charge in [0.15, 0.2) is 0 Å². The summed E-state index contributed by atoms with van der Waals surface area (Å²) in [5.74, 6) is 0.153. The van der Waals surface area contributed by atoms with E-state index in [0.29, 0.717) is 23.4 Å². The van der Waals surface area contributed by atoms with Gasteiger partial charge in [-0.15, -0.1) is 0 Å². The molecule has 5 rings (SSSR count). The molecular formula is C31H34F2N2O3. The fourth-order valence-electron chi connectivity index (χ4n) is 5.66. The van der Waals surface area contributed by atoms with Crippen LogP contribution in [0.4, 0.5) is 13.6 Å². The van der Waals surface area contributed by atoms with Gasteiger partial charge in [0.1, 0.15) is 24.3 Å². The van der Waals surface area contributed by atoms with Gasteiger partial charge in [-0.3, -0.25) is 4.90 Å². The van der Waals surface area contributed by atoms with Gasteiger partial charge in [-0.1, -0.05) is 37.6 Å². The first-order valence-electron chi connectivity index (χ1n) is 13.1. The second-order valence-electron chi connectivity index (χ2n) is 10.7. The van der Waals surface area contributed by atoms with Crippen molar-refractivity contribution in [2.24, 2.45) is 0 Å². The minimum atomic E-state index is -0.572. The lowest BCUT2D eigenvalue weighted by Crippen LogP contribution is -2.31. The van der Waals surface area contributed by atoms with Crippen molar-refractivity contribution in [2.45, 2.75) is 72.1 Å². The van der Waals surface area contributed by atoms with E-state index in [9.17, 15) is 13.6 Å². The van der Waals surface area contributed by atoms with Crippen molar-refractivity contribution in [3.8, 4) is 16.9 Å². The summed E-state index contributed by atoms with van der Waals surface area (Å²) in [4.78, 5) is 14.9. The second-order valence-corrected chi connectivity index (χ2v) is 10.7. The summed E-state index contributed by atoms with van der Waals surface area (Å²) in [6.07, 6.45) is -0.913. The number of nitrogens with one attached hydrogen (secondary N) is 1. The molecule has 1 fully saturated rings. The number of ether oxygens (including phenoxy) is 2. The van der Waals surface area contributed by atoms with Crippen LogP contribution in [-0.2, 0) is 31.0 Å². The summed E-state index contributed by atoms with van der Waals surface area (Å²) >= 11 is 0. The van der Waals surface area contributed by atoms with Gasteiger partial charge >= 0.3 is 6.09 Å². The third kappa shape index (κ3) is 4.75. The number of methoxy groups -OCH3 is 1. The monoisotopic (exact) mass is 520 g/mol. The fraction of sp³-hybridized carbons (Fsp3) is 0.387. The third-order valence-corrected chi connectivity index (χ3v) is 7.66. The number of halogens is 2. The maximum absolute atomic E-state index is 14.8. The Morgan fingerprint density at radius 2 is 1.82 bits per heavy atom. The minimum Gasteiger partial charge on any atom is -0.496 e. The van der Waals surface area contributed by atoms with Gasteiger partial charge in [-0.25, -0.2) is 13.6 Å². The van der Waals surface area contributed by atoms with Crippen molar-refractivity contribution in [1.29, 1.82) is 0 Å². The molecule has 7 heteroatoms. The van der Waals surface area contributed by atoms with Crippen LogP contribution in [-0.4, -0.2) is 24.1 Å². The van der Waals surface area contributed by atoms with E-state index in [1.807, 2.05) is 39.8 Å². The fourth-order valence-corrected chi connectivity index (χ4v) is 5.66. The number of alkyl halides is 1. The number of cyclic esters (lactones) is 1. The highest BCUT2D eigenvalue weighted by Gasteiger charge is 2.40. The van der Waals surface area contributed by atoms with E-state index in [1.54, 1.807) is 24.1 Å². The van der Waals surface area contributed by atoms with E-state index in [1.165, 1.54) is 17.2 Å². The number of aryl methyl sites for hydroxylation is 1. The number of fused-ring (bicyclic) bond motifs is 1. The summed E-state index contributed by atoms with van der Waals surface area (Å²) in [7, 11) is 1.54. The number of carbonyl (C=O) groups excluding carboxylic acids is 1. The Kier molecular flexibility index (Phi) is 7.14. The molecule has 5 nitrogen and oxygen atoms in total. The van der Waals surface area contributed by atoms with Gasteiger partial charge in [0.2, 0.25) is 0 Å². The van der Waals surface area contributed by atoms with Gasteiger partial charge in [0.05, 0.1) is 19.7 Å². The molecule has 0 radical (unpaired) electrons. The number of hydrogen-bond donors (Lipinski definition) is 1. The number of benzene rings is 3. The van der Waals surface area contributed by atoms with E-state index in [2.05, 4.69) is 17.4 Å². The highest BCUT2D eigenvalue weighted by Crippen LogP contribution is 2.41. The van der Waals surface area contributed by atoms with Crippen LogP contribution in [0.1, 0.15) is 71.7 Å². The van der Waals surface area contributed by atoms with Crippen LogP contribution in [0.3, 0.4) is 0 Å². The zero-order valence-corrected chi connectivity index (χ0v) is 22.5. The van der Waals surface area contributed by atoms with Crippen LogP contribution in [0.2, 0.25) is 0 Å². The second kappa shape index (κ2) is 10.4. The summed E-state index contributed by atoms with van der Waals surface area (Å²) in [6.45, 7) is 9.03. The van der Waals surface area contributed by atoms with Crippen molar-refractivity contribution in [3.05, 3.63) is 87.2 Å². The number of hydrogen-bond acceptors (Lipinski definition) is 4. The zero-order chi connectivity index (χ0) is 27.1. The highest BCUT2D eigenvalue weighted by atomic mass is 19.1. The lowest BCUT2D eigenvalue weighted by Gasteiger charge is -2.24. The predicted molar refractivity (Wildman–Crippen MR) is 143 cm³/mol. The van der Waals surface area contributed by atoms with Crippen molar-refractivity contribution in [3.63, 3.8) is 0 Å². The quantitative estimate of drug-likeness (QED) is 0.361. The van der Waals surface area contributed by atoms with E-state index < -0.39 is 18.9 Å². The largest absolute Gasteiger partial charge is 0.496 e. The van der Waals surface area contributed by atoms with E-state index >= 15 is 0 Å². The molecule has 0 unspecified atom stereocenters. The van der Waals surface area contributed by atoms with Crippen LogP contribution in [0.15, 0.2) is 42.5 Å². The molecule has 2 aliphatic rings. The SMILES string of the molecule is COc1cc(F)c(C(C)C)cc1-c1cc2c(cc1CN1C(=O)O[C@H](c3cc(C)cc(CF)c3)[C@@H]1C)CNC2. The molecule has 0 saturated carbocycles. The molecular weight excluding hydrogens is 486 g/mol. The molecule has 2 atom stereocenters. The Morgan fingerprint density at radius 3 is 2.50 bits per heavy atom. The van der Waals surface area contributed by atoms with Crippen LogP contribution in [0.25, 0.3) is 11.1 Å². The van der Waals surface area contributed by atoms with Crippen molar-refractivity contribution in [1.82, 2.24) is 10.2 Å². The molecule has 2 aliphatic heterocycles. The first-order chi connectivity index (χ1) is 18.2. The first-order valence-corrected chi connectivity index (χ1v) is 13.1. The molecule has 3 aromatic rings. The Bertz CT molecular complexity index is 1390. The summed E-state index contributed by atoms with van der Waals surface area (Å²) in [6, 6.07) is 12.8. The normalized spacial score (nSPS) is 18.7. The molecule has 38 heavy (non-hydrogen) atoms. The third-order valence-electron chi connectivity index (χ3n) is 7.66. The Morgan fingerprint density at radius 1 is 1.08 bits per heavy atom. The van der Waals surface area contributed by atoms with Crippen LogP contribution in [0, 0.1) is 12.7 Å². The molecule has 0 aromatic heterocycles. The van der Waals surface area contributed by atoms with E-state index in [4.69, 9.17) is 9.47 Å². The number of rotatable bonds is 7. The van der Waals surface area contributed by atoms with Gasteiger partial charge in [-0.05, 0) is 76.9 Å². The molecule has 2 heterocycles. The molecule has 0 aliphatic carbocycles. The number of nitrogens with zero attached hydrogens (tertiary/aromatic N) is 1. The molecule has 0 spiro atoms.